The van der Waals surface area contributed by atoms with Crippen LogP contribution < -0.4 is 5.32 Å². The standard InChI is InChI=1S/C10H14ClNO2S/c1-15-10-3-2-7(11)4-9(10)12-5-8(14)6-13/h2-4,8,12-14H,5-6H2,1H3. The van der Waals surface area contributed by atoms with Gasteiger partial charge >= 0.3 is 0 Å². The number of benzene rings is 1. The smallest absolute Gasteiger partial charge is 0.0942 e. The number of aliphatic hydroxyl groups is 2. The molecule has 0 aliphatic heterocycles. The first-order valence-corrected chi connectivity index (χ1v) is 6.14. The van der Waals surface area contributed by atoms with E-state index in [0.29, 0.717) is 11.6 Å². The molecule has 0 fully saturated rings. The molecule has 0 spiro atoms. The van der Waals surface area contributed by atoms with E-state index in [9.17, 15) is 5.11 Å². The molecule has 1 atom stereocenters. The van der Waals surface area contributed by atoms with Gasteiger partial charge in [-0.2, -0.15) is 0 Å². The van der Waals surface area contributed by atoms with E-state index in [1.807, 2.05) is 18.4 Å². The Kier molecular flexibility index (Phi) is 5.25. The van der Waals surface area contributed by atoms with E-state index < -0.39 is 6.10 Å². The third kappa shape index (κ3) is 3.91. The molecule has 3 nitrogen and oxygen atoms in total. The lowest BCUT2D eigenvalue weighted by Gasteiger charge is -2.13. The number of hydrogen-bond acceptors (Lipinski definition) is 4. The average Bonchev–Trinajstić information content (AvgIpc) is 2.26. The third-order valence-corrected chi connectivity index (χ3v) is 2.93. The first-order valence-electron chi connectivity index (χ1n) is 4.53. The number of hydrogen-bond donors (Lipinski definition) is 3. The van der Waals surface area contributed by atoms with Crippen molar-refractivity contribution in [2.45, 2.75) is 11.0 Å². The summed E-state index contributed by atoms with van der Waals surface area (Å²) in [5, 5.41) is 21.6. The van der Waals surface area contributed by atoms with E-state index in [2.05, 4.69) is 5.32 Å². The molecule has 0 aliphatic carbocycles. The highest BCUT2D eigenvalue weighted by molar-refractivity contribution is 7.98. The molecule has 1 rings (SSSR count). The molecule has 1 unspecified atom stereocenters. The minimum absolute atomic E-state index is 0.248. The Morgan fingerprint density at radius 3 is 2.87 bits per heavy atom. The molecule has 5 heteroatoms. The maximum absolute atomic E-state index is 9.20. The van der Waals surface area contributed by atoms with Crippen molar-refractivity contribution in [3.63, 3.8) is 0 Å². The first kappa shape index (κ1) is 12.6. The van der Waals surface area contributed by atoms with Crippen molar-refractivity contribution in [1.82, 2.24) is 0 Å². The van der Waals surface area contributed by atoms with Gasteiger partial charge in [0.15, 0.2) is 0 Å². The Bertz CT molecular complexity index is 322. The fraction of sp³-hybridized carbons (Fsp3) is 0.400. The van der Waals surface area contributed by atoms with Crippen molar-refractivity contribution < 1.29 is 10.2 Å². The van der Waals surface area contributed by atoms with E-state index in [4.69, 9.17) is 16.7 Å². The molecule has 1 aromatic rings. The van der Waals surface area contributed by atoms with Crippen LogP contribution in [0.3, 0.4) is 0 Å². The monoisotopic (exact) mass is 247 g/mol. The van der Waals surface area contributed by atoms with Crippen molar-refractivity contribution in [2.75, 3.05) is 24.7 Å². The zero-order valence-electron chi connectivity index (χ0n) is 8.40. The molecule has 0 radical (unpaired) electrons. The molecular weight excluding hydrogens is 234 g/mol. The van der Waals surface area contributed by atoms with E-state index in [-0.39, 0.29) is 6.61 Å². The molecule has 1 aromatic carbocycles. The van der Waals surface area contributed by atoms with Crippen LogP contribution in [0.15, 0.2) is 23.1 Å². The largest absolute Gasteiger partial charge is 0.394 e. The molecule has 0 heterocycles. The molecule has 3 N–H and O–H groups in total. The van der Waals surface area contributed by atoms with Crippen molar-refractivity contribution in [3.8, 4) is 0 Å². The van der Waals surface area contributed by atoms with Crippen LogP contribution in [-0.4, -0.2) is 35.7 Å². The Hall–Kier alpha value is -0.420. The highest BCUT2D eigenvalue weighted by atomic mass is 35.5. The van der Waals surface area contributed by atoms with Gasteiger partial charge in [0.05, 0.1) is 12.7 Å². The van der Waals surface area contributed by atoms with Crippen molar-refractivity contribution >= 4 is 29.1 Å². The maximum Gasteiger partial charge on any atom is 0.0942 e. The summed E-state index contributed by atoms with van der Waals surface area (Å²) in [6.07, 6.45) is 1.22. The van der Waals surface area contributed by atoms with Gasteiger partial charge in [-0.05, 0) is 24.5 Å². The Morgan fingerprint density at radius 2 is 2.27 bits per heavy atom. The molecule has 15 heavy (non-hydrogen) atoms. The molecule has 0 aliphatic rings. The Morgan fingerprint density at radius 1 is 1.53 bits per heavy atom. The summed E-state index contributed by atoms with van der Waals surface area (Å²) in [7, 11) is 0. The second kappa shape index (κ2) is 6.23. The van der Waals surface area contributed by atoms with Crippen molar-refractivity contribution in [3.05, 3.63) is 23.2 Å². The van der Waals surface area contributed by atoms with Crippen molar-refractivity contribution in [1.29, 1.82) is 0 Å². The first-order chi connectivity index (χ1) is 7.17. The van der Waals surface area contributed by atoms with Crippen LogP contribution >= 0.6 is 23.4 Å². The molecule has 0 saturated carbocycles. The van der Waals surface area contributed by atoms with E-state index in [1.165, 1.54) is 0 Å². The zero-order chi connectivity index (χ0) is 11.3. The van der Waals surface area contributed by atoms with Crippen LogP contribution in [0.2, 0.25) is 5.02 Å². The Balaban J connectivity index is 2.69. The molecule has 0 bridgehead atoms. The summed E-state index contributed by atoms with van der Waals surface area (Å²) in [6, 6.07) is 5.54. The summed E-state index contributed by atoms with van der Waals surface area (Å²) >= 11 is 7.46. The lowest BCUT2D eigenvalue weighted by atomic mass is 10.3. The third-order valence-electron chi connectivity index (χ3n) is 1.90. The average molecular weight is 248 g/mol. The Labute approximate surface area is 98.5 Å². The van der Waals surface area contributed by atoms with Gasteiger partial charge in [-0.15, -0.1) is 11.8 Å². The van der Waals surface area contributed by atoms with Gasteiger partial charge in [0.2, 0.25) is 0 Å². The van der Waals surface area contributed by atoms with Crippen LogP contribution in [0.5, 0.6) is 0 Å². The van der Waals surface area contributed by atoms with Crippen molar-refractivity contribution in [2.24, 2.45) is 0 Å². The number of nitrogens with one attached hydrogen (secondary N) is 1. The van der Waals surface area contributed by atoms with Crippen LogP contribution in [-0.2, 0) is 0 Å². The number of thioether (sulfide) groups is 1. The van der Waals surface area contributed by atoms with E-state index in [1.54, 1.807) is 17.8 Å². The molecular formula is C10H14ClNO2S. The summed E-state index contributed by atoms with van der Waals surface area (Å²) in [5.74, 6) is 0. The summed E-state index contributed by atoms with van der Waals surface area (Å²) < 4.78 is 0. The molecule has 0 saturated heterocycles. The summed E-state index contributed by atoms with van der Waals surface area (Å²) in [6.45, 7) is 0.0621. The van der Waals surface area contributed by atoms with Gasteiger partial charge < -0.3 is 15.5 Å². The van der Waals surface area contributed by atoms with Crippen LogP contribution in [0.25, 0.3) is 0 Å². The minimum atomic E-state index is -0.751. The zero-order valence-corrected chi connectivity index (χ0v) is 9.98. The lowest BCUT2D eigenvalue weighted by Crippen LogP contribution is -2.23. The summed E-state index contributed by atoms with van der Waals surface area (Å²) in [5.41, 5.74) is 0.877. The SMILES string of the molecule is CSc1ccc(Cl)cc1NCC(O)CO. The predicted octanol–water partition coefficient (Wildman–Crippen LogP) is 1.83. The normalized spacial score (nSPS) is 12.5. The fourth-order valence-corrected chi connectivity index (χ4v) is 1.84. The quantitative estimate of drug-likeness (QED) is 0.695. The number of anilines is 1. The summed E-state index contributed by atoms with van der Waals surface area (Å²) in [4.78, 5) is 1.06. The topological polar surface area (TPSA) is 52.5 Å². The van der Waals surface area contributed by atoms with Gasteiger partial charge in [0.1, 0.15) is 0 Å². The molecule has 0 aromatic heterocycles. The van der Waals surface area contributed by atoms with Gasteiger partial charge in [-0.1, -0.05) is 11.6 Å². The van der Waals surface area contributed by atoms with Crippen LogP contribution in [0, 0.1) is 0 Å². The number of halogens is 1. The van der Waals surface area contributed by atoms with E-state index >= 15 is 0 Å². The van der Waals surface area contributed by atoms with Crippen LogP contribution in [0.4, 0.5) is 5.69 Å². The maximum atomic E-state index is 9.20. The predicted molar refractivity (Wildman–Crippen MR) is 64.8 cm³/mol. The molecule has 0 amide bonds. The van der Waals surface area contributed by atoms with E-state index in [0.717, 1.165) is 10.6 Å². The second-order valence-corrected chi connectivity index (χ2v) is 4.35. The van der Waals surface area contributed by atoms with Gasteiger partial charge in [0, 0.05) is 22.2 Å². The highest BCUT2D eigenvalue weighted by Gasteiger charge is 2.05. The minimum Gasteiger partial charge on any atom is -0.394 e. The number of aliphatic hydroxyl groups excluding tert-OH is 2. The lowest BCUT2D eigenvalue weighted by molar-refractivity contribution is 0.105. The molecule has 84 valence electrons. The van der Waals surface area contributed by atoms with Gasteiger partial charge in [0.25, 0.3) is 0 Å². The fourth-order valence-electron chi connectivity index (χ4n) is 1.11. The van der Waals surface area contributed by atoms with Crippen LogP contribution in [0.1, 0.15) is 0 Å². The highest BCUT2D eigenvalue weighted by Crippen LogP contribution is 2.28. The van der Waals surface area contributed by atoms with Gasteiger partial charge in [-0.25, -0.2) is 0 Å². The second-order valence-electron chi connectivity index (χ2n) is 3.06. The number of rotatable bonds is 5. The van der Waals surface area contributed by atoms with Gasteiger partial charge in [-0.3, -0.25) is 0 Å².